The van der Waals surface area contributed by atoms with Gasteiger partial charge in [0.2, 0.25) is 0 Å². The van der Waals surface area contributed by atoms with Crippen molar-refractivity contribution in [3.63, 3.8) is 0 Å². The Morgan fingerprint density at radius 1 is 0.706 bits per heavy atom. The second-order valence-electron chi connectivity index (χ2n) is 7.97. The number of fused-ring (bicyclic) bond motifs is 2. The van der Waals surface area contributed by atoms with E-state index < -0.39 is 0 Å². The Kier molecular flexibility index (Phi) is 4.70. The van der Waals surface area contributed by atoms with Crippen LogP contribution in [0, 0.1) is 0 Å². The van der Waals surface area contributed by atoms with E-state index in [0.717, 1.165) is 16.5 Å². The second kappa shape index (κ2) is 8.01. The Morgan fingerprint density at radius 3 is 2.06 bits per heavy atom. The van der Waals surface area contributed by atoms with Crippen molar-refractivity contribution in [2.75, 3.05) is 11.9 Å². The average Bonchev–Trinajstić information content (AvgIpc) is 3.61. The molecule has 6 nitrogen and oxygen atoms in total. The molecule has 0 aliphatic carbocycles. The van der Waals surface area contributed by atoms with Crippen molar-refractivity contribution in [1.82, 2.24) is 9.97 Å². The number of furan rings is 2. The molecule has 0 atom stereocenters. The summed E-state index contributed by atoms with van der Waals surface area (Å²) < 4.78 is 11.2. The normalized spacial score (nSPS) is 11.2. The highest BCUT2D eigenvalue weighted by atomic mass is 16.3. The smallest absolute Gasteiger partial charge is 0.258 e. The van der Waals surface area contributed by atoms with Gasteiger partial charge in [0.05, 0.1) is 23.6 Å². The first-order valence-electron chi connectivity index (χ1n) is 10.8. The lowest BCUT2D eigenvalue weighted by molar-refractivity contribution is 0.0993. The van der Waals surface area contributed by atoms with Crippen LogP contribution in [0.4, 0.5) is 5.69 Å². The number of carbonyl (C=O) groups excluding carboxylic acids is 1. The fourth-order valence-corrected chi connectivity index (χ4v) is 4.05. The zero-order chi connectivity index (χ0) is 23.1. The molecule has 0 saturated carbocycles. The maximum Gasteiger partial charge on any atom is 0.258 e. The SMILES string of the molecule is CN(C(=O)c1ccc2nc(-c3ccco3)c(-c3ccco3)nc2c1)c1ccc2ccccc2c1. The highest BCUT2D eigenvalue weighted by molar-refractivity contribution is 6.08. The fourth-order valence-electron chi connectivity index (χ4n) is 4.05. The molecule has 0 spiro atoms. The minimum Gasteiger partial charge on any atom is -0.463 e. The van der Waals surface area contributed by atoms with Crippen LogP contribution in [0.3, 0.4) is 0 Å². The lowest BCUT2D eigenvalue weighted by Gasteiger charge is -2.18. The van der Waals surface area contributed by atoms with Crippen LogP contribution in [0.2, 0.25) is 0 Å². The van der Waals surface area contributed by atoms with Gasteiger partial charge in [-0.3, -0.25) is 4.79 Å². The molecule has 3 aromatic carbocycles. The van der Waals surface area contributed by atoms with Crippen LogP contribution in [-0.2, 0) is 0 Å². The first-order chi connectivity index (χ1) is 16.7. The van der Waals surface area contributed by atoms with E-state index in [0.29, 0.717) is 39.5 Å². The van der Waals surface area contributed by atoms with Crippen LogP contribution in [0.15, 0.2) is 106 Å². The van der Waals surface area contributed by atoms with Gasteiger partial charge >= 0.3 is 0 Å². The summed E-state index contributed by atoms with van der Waals surface area (Å²) in [6, 6.07) is 26.7. The molecule has 0 N–H and O–H groups in total. The fraction of sp³-hybridized carbons (Fsp3) is 0.0357. The lowest BCUT2D eigenvalue weighted by Crippen LogP contribution is -2.26. The van der Waals surface area contributed by atoms with Gasteiger partial charge < -0.3 is 13.7 Å². The van der Waals surface area contributed by atoms with Crippen LogP contribution < -0.4 is 4.90 Å². The van der Waals surface area contributed by atoms with Gasteiger partial charge in [-0.15, -0.1) is 0 Å². The van der Waals surface area contributed by atoms with E-state index in [1.165, 1.54) is 0 Å². The van der Waals surface area contributed by atoms with Gasteiger partial charge in [-0.2, -0.15) is 0 Å². The van der Waals surface area contributed by atoms with Gasteiger partial charge in [0, 0.05) is 18.3 Å². The van der Waals surface area contributed by atoms with E-state index in [2.05, 4.69) is 6.07 Å². The van der Waals surface area contributed by atoms with Crippen molar-refractivity contribution in [2.24, 2.45) is 0 Å². The summed E-state index contributed by atoms with van der Waals surface area (Å²) in [4.78, 5) is 24.6. The highest BCUT2D eigenvalue weighted by Crippen LogP contribution is 2.32. The summed E-state index contributed by atoms with van der Waals surface area (Å²) in [7, 11) is 1.77. The summed E-state index contributed by atoms with van der Waals surface area (Å²) >= 11 is 0. The lowest BCUT2D eigenvalue weighted by atomic mass is 10.1. The number of carbonyl (C=O) groups is 1. The summed E-state index contributed by atoms with van der Waals surface area (Å²) in [5, 5.41) is 2.21. The largest absolute Gasteiger partial charge is 0.463 e. The second-order valence-corrected chi connectivity index (χ2v) is 7.97. The molecule has 6 aromatic rings. The topological polar surface area (TPSA) is 72.4 Å². The Morgan fingerprint density at radius 2 is 1.38 bits per heavy atom. The Bertz CT molecular complexity index is 1640. The number of aromatic nitrogens is 2. The van der Waals surface area contributed by atoms with Crippen molar-refractivity contribution < 1.29 is 13.6 Å². The predicted octanol–water partition coefficient (Wildman–Crippen LogP) is 6.58. The molecular weight excluding hydrogens is 426 g/mol. The van der Waals surface area contributed by atoms with Crippen molar-refractivity contribution in [3.8, 4) is 22.9 Å². The van der Waals surface area contributed by atoms with Gasteiger partial charge in [-0.25, -0.2) is 9.97 Å². The van der Waals surface area contributed by atoms with Crippen LogP contribution in [-0.4, -0.2) is 22.9 Å². The molecule has 6 rings (SSSR count). The summed E-state index contributed by atoms with van der Waals surface area (Å²) in [5.41, 5.74) is 3.73. The van der Waals surface area contributed by atoms with Crippen LogP contribution in [0.5, 0.6) is 0 Å². The van der Waals surface area contributed by atoms with Gasteiger partial charge in [-0.05, 0) is 65.4 Å². The van der Waals surface area contributed by atoms with E-state index in [4.69, 9.17) is 18.8 Å². The predicted molar refractivity (Wildman–Crippen MR) is 132 cm³/mol. The molecule has 34 heavy (non-hydrogen) atoms. The van der Waals surface area contributed by atoms with Crippen molar-refractivity contribution in [1.29, 1.82) is 0 Å². The summed E-state index contributed by atoms with van der Waals surface area (Å²) in [6.45, 7) is 0. The molecule has 0 bridgehead atoms. The molecule has 164 valence electrons. The Hall–Kier alpha value is -4.71. The number of amides is 1. The zero-order valence-electron chi connectivity index (χ0n) is 18.3. The van der Waals surface area contributed by atoms with Crippen molar-refractivity contribution >= 4 is 33.4 Å². The highest BCUT2D eigenvalue weighted by Gasteiger charge is 2.19. The Balaban J connectivity index is 1.41. The van der Waals surface area contributed by atoms with Gasteiger partial charge in [0.1, 0.15) is 11.4 Å². The van der Waals surface area contributed by atoms with Crippen LogP contribution >= 0.6 is 0 Å². The molecule has 0 saturated heterocycles. The number of hydrogen-bond donors (Lipinski definition) is 0. The molecule has 1 amide bonds. The number of hydrogen-bond acceptors (Lipinski definition) is 5. The first-order valence-corrected chi connectivity index (χ1v) is 10.8. The molecule has 0 radical (unpaired) electrons. The first kappa shape index (κ1) is 19.9. The Labute approximate surface area is 195 Å². The molecule has 0 unspecified atom stereocenters. The van der Waals surface area contributed by atoms with Crippen molar-refractivity contribution in [2.45, 2.75) is 0 Å². The monoisotopic (exact) mass is 445 g/mol. The number of anilines is 1. The quantitative estimate of drug-likeness (QED) is 0.306. The molecule has 3 heterocycles. The third-order valence-electron chi connectivity index (χ3n) is 5.85. The maximum atomic E-state index is 13.3. The van der Waals surface area contributed by atoms with E-state index in [1.807, 2.05) is 54.6 Å². The summed E-state index contributed by atoms with van der Waals surface area (Å²) in [5.74, 6) is 1.04. The number of nitrogens with zero attached hydrogens (tertiary/aromatic N) is 3. The van der Waals surface area contributed by atoms with Crippen LogP contribution in [0.1, 0.15) is 10.4 Å². The van der Waals surface area contributed by atoms with Gasteiger partial charge in [0.25, 0.3) is 5.91 Å². The van der Waals surface area contributed by atoms with E-state index in [-0.39, 0.29) is 5.91 Å². The molecule has 0 aliphatic rings. The van der Waals surface area contributed by atoms with E-state index in [1.54, 1.807) is 48.7 Å². The van der Waals surface area contributed by atoms with Gasteiger partial charge in [-0.1, -0.05) is 30.3 Å². The standard InChI is InChI=1S/C28H19N3O3/c1-31(21-12-10-18-6-2-3-7-19(18)16-21)28(32)20-11-13-22-23(17-20)30-27(25-9-5-15-34-25)26(29-22)24-8-4-14-33-24/h2-17H,1H3. The molecule has 3 aromatic heterocycles. The van der Waals surface area contributed by atoms with Crippen molar-refractivity contribution in [3.05, 3.63) is 103 Å². The zero-order valence-corrected chi connectivity index (χ0v) is 18.3. The number of benzene rings is 3. The molecule has 0 aliphatic heterocycles. The summed E-state index contributed by atoms with van der Waals surface area (Å²) in [6.07, 6.45) is 3.18. The average molecular weight is 445 g/mol. The minimum absolute atomic E-state index is 0.131. The molecule has 6 heteroatoms. The van der Waals surface area contributed by atoms with Crippen LogP contribution in [0.25, 0.3) is 44.7 Å². The number of rotatable bonds is 4. The third kappa shape index (κ3) is 3.42. The van der Waals surface area contributed by atoms with E-state index in [9.17, 15) is 4.79 Å². The maximum absolute atomic E-state index is 13.3. The molecular formula is C28H19N3O3. The third-order valence-corrected chi connectivity index (χ3v) is 5.85. The van der Waals surface area contributed by atoms with Gasteiger partial charge in [0.15, 0.2) is 11.5 Å². The van der Waals surface area contributed by atoms with E-state index >= 15 is 0 Å². The minimum atomic E-state index is -0.131. The molecule has 0 fully saturated rings.